The van der Waals surface area contributed by atoms with E-state index in [4.69, 9.17) is 0 Å². The minimum Gasteiger partial charge on any atom is -0.391 e. The van der Waals surface area contributed by atoms with Gasteiger partial charge in [0.05, 0.1) is 12.1 Å². The summed E-state index contributed by atoms with van der Waals surface area (Å²) in [5.74, 6) is 1.89. The minimum absolute atomic E-state index is 0.00478. The first kappa shape index (κ1) is 14.8. The van der Waals surface area contributed by atoms with Crippen molar-refractivity contribution in [3.63, 3.8) is 0 Å². The normalized spacial score (nSPS) is 23.2. The SMILES string of the molecule is CC(C)(C)CC(O)CNC(=O)C1CSCCN1. The molecule has 2 atom stereocenters. The first-order valence-corrected chi connectivity index (χ1v) is 7.31. The highest BCUT2D eigenvalue weighted by atomic mass is 32.2. The van der Waals surface area contributed by atoms with Crippen LogP contribution in [0, 0.1) is 5.41 Å². The molecule has 1 aliphatic heterocycles. The van der Waals surface area contributed by atoms with Gasteiger partial charge in [-0.2, -0.15) is 11.8 Å². The average molecular weight is 260 g/mol. The van der Waals surface area contributed by atoms with Crippen molar-refractivity contribution >= 4 is 17.7 Å². The fourth-order valence-electron chi connectivity index (χ4n) is 1.85. The van der Waals surface area contributed by atoms with Crippen LogP contribution in [0.25, 0.3) is 0 Å². The van der Waals surface area contributed by atoms with Crippen LogP contribution in [-0.2, 0) is 4.79 Å². The molecular formula is C12H24N2O2S. The number of rotatable bonds is 4. The van der Waals surface area contributed by atoms with E-state index in [1.54, 1.807) is 11.8 Å². The minimum atomic E-state index is -0.463. The van der Waals surface area contributed by atoms with Crippen LogP contribution in [0.1, 0.15) is 27.2 Å². The van der Waals surface area contributed by atoms with Crippen molar-refractivity contribution in [3.8, 4) is 0 Å². The second-order valence-corrected chi connectivity index (χ2v) is 6.90. The van der Waals surface area contributed by atoms with Crippen LogP contribution in [0.4, 0.5) is 0 Å². The van der Waals surface area contributed by atoms with Crippen LogP contribution in [0.3, 0.4) is 0 Å². The highest BCUT2D eigenvalue weighted by molar-refractivity contribution is 7.99. The van der Waals surface area contributed by atoms with Gasteiger partial charge in [-0.05, 0) is 11.8 Å². The lowest BCUT2D eigenvalue weighted by Gasteiger charge is -2.25. The number of nitrogens with one attached hydrogen (secondary N) is 2. The Bertz CT molecular complexity index is 247. The first-order chi connectivity index (χ1) is 7.88. The van der Waals surface area contributed by atoms with E-state index in [9.17, 15) is 9.90 Å². The van der Waals surface area contributed by atoms with Crippen molar-refractivity contribution in [1.82, 2.24) is 10.6 Å². The van der Waals surface area contributed by atoms with Crippen molar-refractivity contribution < 1.29 is 9.90 Å². The van der Waals surface area contributed by atoms with Gasteiger partial charge in [0.15, 0.2) is 0 Å². The molecule has 17 heavy (non-hydrogen) atoms. The molecule has 1 amide bonds. The largest absolute Gasteiger partial charge is 0.391 e. The fourth-order valence-corrected chi connectivity index (χ4v) is 2.79. The van der Waals surface area contributed by atoms with Crippen LogP contribution in [0.5, 0.6) is 0 Å². The summed E-state index contributed by atoms with van der Waals surface area (Å²) < 4.78 is 0. The van der Waals surface area contributed by atoms with Crippen molar-refractivity contribution in [2.24, 2.45) is 5.41 Å². The van der Waals surface area contributed by atoms with E-state index in [1.807, 2.05) is 0 Å². The van der Waals surface area contributed by atoms with Gasteiger partial charge in [0, 0.05) is 24.6 Å². The number of carbonyl (C=O) groups excluding carboxylic acids is 1. The molecule has 0 bridgehead atoms. The Morgan fingerprint density at radius 2 is 2.29 bits per heavy atom. The van der Waals surface area contributed by atoms with Crippen LogP contribution < -0.4 is 10.6 Å². The van der Waals surface area contributed by atoms with Crippen molar-refractivity contribution in [2.75, 3.05) is 24.6 Å². The summed E-state index contributed by atoms with van der Waals surface area (Å²) in [4.78, 5) is 11.8. The van der Waals surface area contributed by atoms with Crippen molar-refractivity contribution in [3.05, 3.63) is 0 Å². The summed E-state index contributed by atoms with van der Waals surface area (Å²) in [6.45, 7) is 7.47. The van der Waals surface area contributed by atoms with Gasteiger partial charge in [-0.25, -0.2) is 0 Å². The number of hydrogen-bond donors (Lipinski definition) is 3. The van der Waals surface area contributed by atoms with Gasteiger partial charge in [0.1, 0.15) is 0 Å². The Labute approximate surface area is 108 Å². The standard InChI is InChI=1S/C12H24N2O2S/c1-12(2,3)6-9(15)7-14-11(16)10-8-17-5-4-13-10/h9-10,13,15H,4-8H2,1-3H3,(H,14,16). The van der Waals surface area contributed by atoms with E-state index in [0.717, 1.165) is 18.1 Å². The number of aliphatic hydroxyl groups is 1. The molecule has 100 valence electrons. The highest BCUT2D eigenvalue weighted by Crippen LogP contribution is 2.20. The summed E-state index contributed by atoms with van der Waals surface area (Å²) in [6, 6.07) is -0.101. The molecule has 1 fully saturated rings. The summed E-state index contributed by atoms with van der Waals surface area (Å²) in [6.07, 6.45) is 0.232. The van der Waals surface area contributed by atoms with E-state index in [2.05, 4.69) is 31.4 Å². The van der Waals surface area contributed by atoms with Crippen LogP contribution in [-0.4, -0.2) is 47.8 Å². The molecule has 2 unspecified atom stereocenters. The lowest BCUT2D eigenvalue weighted by Crippen LogP contribution is -2.50. The third-order valence-corrected chi connectivity index (χ3v) is 3.66. The molecule has 0 aromatic rings. The highest BCUT2D eigenvalue weighted by Gasteiger charge is 2.22. The molecule has 0 saturated carbocycles. The Hall–Kier alpha value is -0.260. The first-order valence-electron chi connectivity index (χ1n) is 6.15. The Morgan fingerprint density at radius 1 is 1.59 bits per heavy atom. The number of aliphatic hydroxyl groups excluding tert-OH is 1. The van der Waals surface area contributed by atoms with E-state index < -0.39 is 6.10 Å². The van der Waals surface area contributed by atoms with E-state index in [0.29, 0.717) is 13.0 Å². The van der Waals surface area contributed by atoms with Gasteiger partial charge in [-0.3, -0.25) is 4.79 Å². The Kier molecular flexibility index (Phi) is 5.76. The van der Waals surface area contributed by atoms with E-state index in [-0.39, 0.29) is 17.4 Å². The second-order valence-electron chi connectivity index (χ2n) is 5.75. The Morgan fingerprint density at radius 3 is 2.82 bits per heavy atom. The van der Waals surface area contributed by atoms with Gasteiger partial charge >= 0.3 is 0 Å². The lowest BCUT2D eigenvalue weighted by molar-refractivity contribution is -0.123. The summed E-state index contributed by atoms with van der Waals surface area (Å²) >= 11 is 1.79. The number of carbonyl (C=O) groups is 1. The maximum atomic E-state index is 11.8. The predicted molar refractivity (Wildman–Crippen MR) is 72.2 cm³/mol. The zero-order chi connectivity index (χ0) is 12.9. The topological polar surface area (TPSA) is 61.4 Å². The molecule has 0 aromatic heterocycles. The quantitative estimate of drug-likeness (QED) is 0.693. The number of amides is 1. The molecule has 1 rings (SSSR count). The lowest BCUT2D eigenvalue weighted by atomic mass is 9.89. The average Bonchev–Trinajstić information content (AvgIpc) is 2.25. The number of hydrogen-bond acceptors (Lipinski definition) is 4. The molecule has 0 aliphatic carbocycles. The van der Waals surface area contributed by atoms with Gasteiger partial charge in [-0.1, -0.05) is 20.8 Å². The molecule has 1 aliphatic rings. The molecule has 0 spiro atoms. The monoisotopic (exact) mass is 260 g/mol. The maximum Gasteiger partial charge on any atom is 0.238 e. The van der Waals surface area contributed by atoms with E-state index in [1.165, 1.54) is 0 Å². The molecule has 3 N–H and O–H groups in total. The molecule has 0 aromatic carbocycles. The molecule has 0 radical (unpaired) electrons. The van der Waals surface area contributed by atoms with Gasteiger partial charge in [0.2, 0.25) is 5.91 Å². The van der Waals surface area contributed by atoms with Gasteiger partial charge in [0.25, 0.3) is 0 Å². The van der Waals surface area contributed by atoms with Gasteiger partial charge in [-0.15, -0.1) is 0 Å². The maximum absolute atomic E-state index is 11.8. The zero-order valence-electron chi connectivity index (χ0n) is 11.0. The fraction of sp³-hybridized carbons (Fsp3) is 0.917. The zero-order valence-corrected chi connectivity index (χ0v) is 11.8. The van der Waals surface area contributed by atoms with Gasteiger partial charge < -0.3 is 15.7 Å². The van der Waals surface area contributed by atoms with E-state index >= 15 is 0 Å². The van der Waals surface area contributed by atoms with Crippen molar-refractivity contribution in [2.45, 2.75) is 39.3 Å². The second kappa shape index (κ2) is 6.61. The van der Waals surface area contributed by atoms with Crippen LogP contribution >= 0.6 is 11.8 Å². The smallest absolute Gasteiger partial charge is 0.238 e. The summed E-state index contributed by atoms with van der Waals surface area (Å²) in [5.41, 5.74) is 0.0864. The third kappa shape index (κ3) is 6.29. The van der Waals surface area contributed by atoms with Crippen LogP contribution in [0.15, 0.2) is 0 Å². The summed E-state index contributed by atoms with van der Waals surface area (Å²) in [5, 5.41) is 15.8. The molecule has 5 heteroatoms. The van der Waals surface area contributed by atoms with Crippen molar-refractivity contribution in [1.29, 1.82) is 0 Å². The molecule has 1 saturated heterocycles. The molecule has 1 heterocycles. The number of thioether (sulfide) groups is 1. The third-order valence-electron chi connectivity index (χ3n) is 2.60. The Balaban J connectivity index is 2.22. The molecular weight excluding hydrogens is 236 g/mol. The van der Waals surface area contributed by atoms with Crippen LogP contribution in [0.2, 0.25) is 0 Å². The molecule has 4 nitrogen and oxygen atoms in total. The predicted octanol–water partition coefficient (Wildman–Crippen LogP) is 0.605. The summed E-state index contributed by atoms with van der Waals surface area (Å²) in [7, 11) is 0.